The first-order chi connectivity index (χ1) is 8.51. The minimum Gasteiger partial charge on any atom is -0.496 e. The first-order valence-electron chi connectivity index (χ1n) is 6.28. The summed E-state index contributed by atoms with van der Waals surface area (Å²) >= 11 is 0. The molecule has 0 N–H and O–H groups in total. The molecule has 1 saturated heterocycles. The van der Waals surface area contributed by atoms with E-state index < -0.39 is 5.41 Å². The summed E-state index contributed by atoms with van der Waals surface area (Å²) in [6, 6.07) is 6.10. The van der Waals surface area contributed by atoms with Crippen molar-refractivity contribution in [3.05, 3.63) is 29.3 Å². The van der Waals surface area contributed by atoms with Crippen LogP contribution in [-0.4, -0.2) is 26.1 Å². The molecular formula is C15H20O3. The fourth-order valence-electron chi connectivity index (χ4n) is 2.31. The van der Waals surface area contributed by atoms with Gasteiger partial charge in [-0.05, 0) is 24.5 Å². The number of rotatable bonds is 4. The zero-order valence-corrected chi connectivity index (χ0v) is 11.4. The molecule has 0 amide bonds. The lowest BCUT2D eigenvalue weighted by molar-refractivity contribution is -0.140. The molecule has 1 heterocycles. The Morgan fingerprint density at radius 1 is 1.39 bits per heavy atom. The van der Waals surface area contributed by atoms with E-state index in [0.29, 0.717) is 19.1 Å². The van der Waals surface area contributed by atoms with Crippen molar-refractivity contribution in [1.82, 2.24) is 0 Å². The lowest BCUT2D eigenvalue weighted by atomic mass is 9.74. The third kappa shape index (κ3) is 1.93. The van der Waals surface area contributed by atoms with Crippen LogP contribution in [0.5, 0.6) is 5.75 Å². The third-order valence-electron chi connectivity index (χ3n) is 3.78. The summed E-state index contributed by atoms with van der Waals surface area (Å²) in [6.07, 6.45) is 0. The van der Waals surface area contributed by atoms with Crippen LogP contribution in [0.3, 0.4) is 0 Å². The molecule has 0 aliphatic carbocycles. The first kappa shape index (κ1) is 13.1. The van der Waals surface area contributed by atoms with E-state index in [9.17, 15) is 4.79 Å². The van der Waals surface area contributed by atoms with E-state index in [-0.39, 0.29) is 5.78 Å². The molecule has 1 aromatic carbocycles. The monoisotopic (exact) mass is 248 g/mol. The molecule has 1 fully saturated rings. The lowest BCUT2D eigenvalue weighted by Crippen LogP contribution is -2.52. The first-order valence-corrected chi connectivity index (χ1v) is 6.28. The predicted molar refractivity (Wildman–Crippen MR) is 70.3 cm³/mol. The molecule has 0 radical (unpaired) electrons. The maximum absolute atomic E-state index is 12.0. The average Bonchev–Trinajstić information content (AvgIpc) is 2.26. The standard InChI is InChI=1S/C15H20O3/c1-10(2)12-5-6-14(17-4)13(7-12)15(11(3)16)8-18-9-15/h5-7,10H,8-9H2,1-4H3. The van der Waals surface area contributed by atoms with Crippen LogP contribution >= 0.6 is 0 Å². The minimum absolute atomic E-state index is 0.146. The van der Waals surface area contributed by atoms with Crippen LogP contribution in [0, 0.1) is 0 Å². The highest BCUT2D eigenvalue weighted by Gasteiger charge is 2.46. The van der Waals surface area contributed by atoms with E-state index in [4.69, 9.17) is 9.47 Å². The number of carbonyl (C=O) groups excluding carboxylic acids is 1. The van der Waals surface area contributed by atoms with Crippen molar-refractivity contribution in [2.24, 2.45) is 0 Å². The summed E-state index contributed by atoms with van der Waals surface area (Å²) in [4.78, 5) is 12.0. The Balaban J connectivity index is 2.53. The molecule has 0 atom stereocenters. The molecule has 1 aromatic rings. The smallest absolute Gasteiger partial charge is 0.145 e. The Bertz CT molecular complexity index is 459. The largest absolute Gasteiger partial charge is 0.496 e. The Hall–Kier alpha value is -1.35. The number of carbonyl (C=O) groups is 1. The number of hydrogen-bond donors (Lipinski definition) is 0. The molecule has 98 valence electrons. The molecular weight excluding hydrogens is 228 g/mol. The van der Waals surface area contributed by atoms with Crippen molar-refractivity contribution in [3.63, 3.8) is 0 Å². The van der Waals surface area contributed by atoms with Crippen molar-refractivity contribution in [2.45, 2.75) is 32.1 Å². The van der Waals surface area contributed by atoms with Crippen LogP contribution in [0.15, 0.2) is 18.2 Å². The zero-order valence-electron chi connectivity index (χ0n) is 11.4. The summed E-state index contributed by atoms with van der Waals surface area (Å²) < 4.78 is 10.7. The average molecular weight is 248 g/mol. The van der Waals surface area contributed by atoms with Gasteiger partial charge in [-0.3, -0.25) is 4.79 Å². The summed E-state index contributed by atoms with van der Waals surface area (Å²) in [5.41, 5.74) is 1.68. The van der Waals surface area contributed by atoms with E-state index in [1.165, 1.54) is 5.56 Å². The molecule has 0 bridgehead atoms. The topological polar surface area (TPSA) is 35.5 Å². The van der Waals surface area contributed by atoms with Crippen molar-refractivity contribution in [1.29, 1.82) is 0 Å². The van der Waals surface area contributed by atoms with Crippen molar-refractivity contribution >= 4 is 5.78 Å². The fraction of sp³-hybridized carbons (Fsp3) is 0.533. The van der Waals surface area contributed by atoms with Gasteiger partial charge < -0.3 is 9.47 Å². The molecule has 1 aliphatic heterocycles. The minimum atomic E-state index is -0.504. The quantitative estimate of drug-likeness (QED) is 0.821. The number of Topliss-reactive ketones (excluding diaryl/α,β-unsaturated/α-hetero) is 1. The van der Waals surface area contributed by atoms with Crippen LogP contribution in [0.4, 0.5) is 0 Å². The van der Waals surface area contributed by atoms with E-state index in [1.54, 1.807) is 14.0 Å². The molecule has 3 heteroatoms. The van der Waals surface area contributed by atoms with Crippen LogP contribution in [-0.2, 0) is 14.9 Å². The molecule has 18 heavy (non-hydrogen) atoms. The number of ether oxygens (including phenoxy) is 2. The van der Waals surface area contributed by atoms with Gasteiger partial charge in [0.15, 0.2) is 0 Å². The van der Waals surface area contributed by atoms with Crippen molar-refractivity contribution in [3.8, 4) is 5.75 Å². The van der Waals surface area contributed by atoms with Crippen LogP contribution in [0.1, 0.15) is 37.8 Å². The lowest BCUT2D eigenvalue weighted by Gasteiger charge is -2.40. The summed E-state index contributed by atoms with van der Waals surface area (Å²) in [5, 5.41) is 0. The van der Waals surface area contributed by atoms with Crippen LogP contribution in [0.25, 0.3) is 0 Å². The Kier molecular flexibility index (Phi) is 3.44. The number of benzene rings is 1. The van der Waals surface area contributed by atoms with Gasteiger partial charge in [-0.2, -0.15) is 0 Å². The SMILES string of the molecule is COc1ccc(C(C)C)cc1C1(C(C)=O)COC1. The zero-order chi connectivity index (χ0) is 13.3. The maximum atomic E-state index is 12.0. The van der Waals surface area contributed by atoms with Crippen molar-refractivity contribution in [2.75, 3.05) is 20.3 Å². The second kappa shape index (κ2) is 4.73. The third-order valence-corrected chi connectivity index (χ3v) is 3.78. The molecule has 0 saturated carbocycles. The molecule has 0 spiro atoms. The highest BCUT2D eigenvalue weighted by Crippen LogP contribution is 2.40. The predicted octanol–water partition coefficient (Wildman–Crippen LogP) is 2.68. The van der Waals surface area contributed by atoms with Gasteiger partial charge in [0.25, 0.3) is 0 Å². The highest BCUT2D eigenvalue weighted by atomic mass is 16.5. The van der Waals surface area contributed by atoms with Gasteiger partial charge in [0, 0.05) is 5.56 Å². The van der Waals surface area contributed by atoms with Crippen LogP contribution < -0.4 is 4.74 Å². The van der Waals surface area contributed by atoms with E-state index in [0.717, 1.165) is 11.3 Å². The maximum Gasteiger partial charge on any atom is 0.145 e. The van der Waals surface area contributed by atoms with Gasteiger partial charge in [0.05, 0.1) is 20.3 Å². The van der Waals surface area contributed by atoms with E-state index in [1.807, 2.05) is 6.07 Å². The molecule has 0 aromatic heterocycles. The second-order valence-corrected chi connectivity index (χ2v) is 5.25. The Morgan fingerprint density at radius 3 is 2.44 bits per heavy atom. The Labute approximate surface area is 108 Å². The van der Waals surface area contributed by atoms with E-state index >= 15 is 0 Å². The number of hydrogen-bond acceptors (Lipinski definition) is 3. The van der Waals surface area contributed by atoms with Gasteiger partial charge in [0.1, 0.15) is 16.9 Å². The van der Waals surface area contributed by atoms with Gasteiger partial charge in [-0.15, -0.1) is 0 Å². The van der Waals surface area contributed by atoms with Gasteiger partial charge in [-0.1, -0.05) is 26.0 Å². The van der Waals surface area contributed by atoms with E-state index in [2.05, 4.69) is 26.0 Å². The molecule has 2 rings (SSSR count). The van der Waals surface area contributed by atoms with Crippen molar-refractivity contribution < 1.29 is 14.3 Å². The molecule has 3 nitrogen and oxygen atoms in total. The number of ketones is 1. The molecule has 1 aliphatic rings. The normalized spacial score (nSPS) is 17.4. The van der Waals surface area contributed by atoms with Crippen LogP contribution in [0.2, 0.25) is 0 Å². The summed E-state index contributed by atoms with van der Waals surface area (Å²) in [6.45, 7) is 6.83. The number of methoxy groups -OCH3 is 1. The molecule has 0 unspecified atom stereocenters. The fourth-order valence-corrected chi connectivity index (χ4v) is 2.31. The summed E-state index contributed by atoms with van der Waals surface area (Å²) in [7, 11) is 1.64. The highest BCUT2D eigenvalue weighted by molar-refractivity contribution is 5.90. The van der Waals surface area contributed by atoms with Gasteiger partial charge in [-0.25, -0.2) is 0 Å². The van der Waals surface area contributed by atoms with Gasteiger partial charge in [0.2, 0.25) is 0 Å². The van der Waals surface area contributed by atoms with Gasteiger partial charge >= 0.3 is 0 Å². The Morgan fingerprint density at radius 2 is 2.06 bits per heavy atom. The second-order valence-electron chi connectivity index (χ2n) is 5.25. The summed E-state index contributed by atoms with van der Waals surface area (Å²) in [5.74, 6) is 1.35.